The lowest BCUT2D eigenvalue weighted by Gasteiger charge is -2.18. The van der Waals surface area contributed by atoms with E-state index in [0.717, 1.165) is 0 Å². The number of benzene rings is 1. The van der Waals surface area contributed by atoms with Crippen molar-refractivity contribution in [1.29, 1.82) is 0 Å². The lowest BCUT2D eigenvalue weighted by atomic mass is 9.90. The van der Waals surface area contributed by atoms with Crippen molar-refractivity contribution in [3.63, 3.8) is 0 Å². The van der Waals surface area contributed by atoms with Crippen LogP contribution >= 0.6 is 0 Å². The Hall–Kier alpha value is -1.90. The predicted octanol–water partition coefficient (Wildman–Crippen LogP) is 2.88. The summed E-state index contributed by atoms with van der Waals surface area (Å²) in [6.07, 6.45) is 2.60. The van der Waals surface area contributed by atoms with E-state index >= 15 is 0 Å². The molecule has 2 amide bonds. The van der Waals surface area contributed by atoms with Crippen LogP contribution in [0.5, 0.6) is 0 Å². The van der Waals surface area contributed by atoms with Crippen molar-refractivity contribution in [1.82, 2.24) is 0 Å². The summed E-state index contributed by atoms with van der Waals surface area (Å²) in [5, 5.41) is 0. The summed E-state index contributed by atoms with van der Waals surface area (Å²) in [4.78, 5) is 24.2. The summed E-state index contributed by atoms with van der Waals surface area (Å²) in [6.45, 7) is 6.53. The minimum atomic E-state index is -0.273. The van der Waals surface area contributed by atoms with Gasteiger partial charge in [-0.2, -0.15) is 0 Å². The molecule has 1 aliphatic rings. The fraction of sp³-hybridized carbons (Fsp3) is 0.333. The van der Waals surface area contributed by atoms with Crippen LogP contribution in [0.2, 0.25) is 0 Å². The molecule has 0 radical (unpaired) electrons. The zero-order valence-corrected chi connectivity index (χ0v) is 10.9. The number of imide groups is 1. The number of carbonyl (C=O) groups excluding carboxylic acids is 2. The highest BCUT2D eigenvalue weighted by Gasteiger charge is 2.25. The van der Waals surface area contributed by atoms with Crippen molar-refractivity contribution in [2.75, 3.05) is 4.90 Å². The van der Waals surface area contributed by atoms with E-state index in [4.69, 9.17) is 0 Å². The molecule has 1 aliphatic heterocycles. The molecule has 0 N–H and O–H groups in total. The molecule has 2 rings (SSSR count). The Morgan fingerprint density at radius 2 is 1.39 bits per heavy atom. The van der Waals surface area contributed by atoms with Gasteiger partial charge < -0.3 is 0 Å². The van der Waals surface area contributed by atoms with Gasteiger partial charge in [0.15, 0.2) is 0 Å². The Bertz CT molecular complexity index is 482. The Kier molecular flexibility index (Phi) is 3.32. The highest BCUT2D eigenvalue weighted by Crippen LogP contribution is 2.26. The molecular formula is C15H17NO2. The number of anilines is 1. The Balaban J connectivity index is 2.23. The number of nitrogens with zero attached hydrogens (tertiary/aromatic N) is 1. The predicted molar refractivity (Wildman–Crippen MR) is 71.3 cm³/mol. The van der Waals surface area contributed by atoms with Crippen molar-refractivity contribution in [2.45, 2.75) is 26.7 Å². The van der Waals surface area contributed by atoms with Crippen LogP contribution < -0.4 is 4.90 Å². The quantitative estimate of drug-likeness (QED) is 0.765. The maximum absolute atomic E-state index is 11.5. The van der Waals surface area contributed by atoms with Gasteiger partial charge in [-0.3, -0.25) is 9.59 Å². The Morgan fingerprint density at radius 1 is 0.889 bits per heavy atom. The smallest absolute Gasteiger partial charge is 0.258 e. The third-order valence-corrected chi connectivity index (χ3v) is 3.49. The van der Waals surface area contributed by atoms with Gasteiger partial charge in [0.2, 0.25) is 0 Å². The van der Waals surface area contributed by atoms with Gasteiger partial charge in [-0.15, -0.1) is 0 Å². The van der Waals surface area contributed by atoms with Gasteiger partial charge in [-0.05, 0) is 29.5 Å². The van der Waals surface area contributed by atoms with Crippen LogP contribution in [0.1, 0.15) is 32.3 Å². The maximum Gasteiger partial charge on any atom is 0.258 e. The molecule has 94 valence electrons. The van der Waals surface area contributed by atoms with Crippen LogP contribution in [0.4, 0.5) is 5.69 Å². The molecule has 0 bridgehead atoms. The highest BCUT2D eigenvalue weighted by atomic mass is 16.2. The average molecular weight is 243 g/mol. The summed E-state index contributed by atoms with van der Waals surface area (Å²) in [7, 11) is 0. The van der Waals surface area contributed by atoms with Gasteiger partial charge in [-0.1, -0.05) is 32.9 Å². The van der Waals surface area contributed by atoms with Gasteiger partial charge in [0, 0.05) is 12.2 Å². The Morgan fingerprint density at radius 3 is 1.83 bits per heavy atom. The van der Waals surface area contributed by atoms with E-state index in [1.807, 2.05) is 24.3 Å². The molecule has 0 spiro atoms. The first-order valence-corrected chi connectivity index (χ1v) is 6.17. The summed E-state index contributed by atoms with van der Waals surface area (Å²) < 4.78 is 0. The van der Waals surface area contributed by atoms with E-state index in [1.165, 1.54) is 22.6 Å². The molecule has 1 heterocycles. The third kappa shape index (κ3) is 2.21. The molecule has 0 aliphatic carbocycles. The van der Waals surface area contributed by atoms with Crippen molar-refractivity contribution in [2.24, 2.45) is 5.92 Å². The van der Waals surface area contributed by atoms with Gasteiger partial charge >= 0.3 is 0 Å². The fourth-order valence-electron chi connectivity index (χ4n) is 1.97. The molecule has 1 aromatic rings. The van der Waals surface area contributed by atoms with E-state index in [-0.39, 0.29) is 11.8 Å². The molecule has 1 aromatic carbocycles. The summed E-state index contributed by atoms with van der Waals surface area (Å²) in [5.74, 6) is 0.476. The van der Waals surface area contributed by atoms with Crippen LogP contribution in [0.3, 0.4) is 0 Å². The van der Waals surface area contributed by atoms with E-state index < -0.39 is 0 Å². The summed E-state index contributed by atoms with van der Waals surface area (Å²) in [5.41, 5.74) is 1.86. The van der Waals surface area contributed by atoms with Crippen LogP contribution in [0.15, 0.2) is 36.4 Å². The average Bonchev–Trinajstić information content (AvgIpc) is 2.68. The molecule has 0 fully saturated rings. The van der Waals surface area contributed by atoms with E-state index in [1.54, 1.807) is 0 Å². The topological polar surface area (TPSA) is 37.4 Å². The Labute approximate surface area is 107 Å². The molecule has 3 nitrogen and oxygen atoms in total. The van der Waals surface area contributed by atoms with Crippen LogP contribution in [-0.2, 0) is 9.59 Å². The first-order valence-electron chi connectivity index (χ1n) is 6.17. The van der Waals surface area contributed by atoms with Crippen LogP contribution in [-0.4, -0.2) is 11.8 Å². The molecule has 0 aromatic heterocycles. The van der Waals surface area contributed by atoms with Gasteiger partial charge in [0.05, 0.1) is 5.69 Å². The van der Waals surface area contributed by atoms with Crippen molar-refractivity contribution in [3.8, 4) is 0 Å². The van der Waals surface area contributed by atoms with E-state index in [0.29, 0.717) is 17.5 Å². The zero-order chi connectivity index (χ0) is 13.3. The molecule has 0 saturated heterocycles. The monoisotopic (exact) mass is 243 g/mol. The minimum absolute atomic E-state index is 0.273. The number of rotatable bonds is 3. The molecule has 18 heavy (non-hydrogen) atoms. The molecule has 1 atom stereocenters. The first-order chi connectivity index (χ1) is 8.50. The van der Waals surface area contributed by atoms with Crippen molar-refractivity contribution >= 4 is 17.5 Å². The second-order valence-electron chi connectivity index (χ2n) is 4.97. The molecular weight excluding hydrogens is 226 g/mol. The van der Waals surface area contributed by atoms with Crippen molar-refractivity contribution in [3.05, 3.63) is 42.0 Å². The number of hydrogen-bond donors (Lipinski definition) is 0. The molecule has 3 heteroatoms. The lowest BCUT2D eigenvalue weighted by Crippen LogP contribution is -2.29. The van der Waals surface area contributed by atoms with Gasteiger partial charge in [0.25, 0.3) is 11.8 Å². The minimum Gasteiger partial charge on any atom is -0.269 e. The van der Waals surface area contributed by atoms with Crippen molar-refractivity contribution < 1.29 is 9.59 Å². The lowest BCUT2D eigenvalue weighted by molar-refractivity contribution is -0.119. The standard InChI is InChI=1S/C15H17NO2/c1-10(2)11(3)12-4-6-13(7-5-12)16-14(17)8-9-15(16)18/h4-11H,1-3H3. The normalized spacial score (nSPS) is 16.8. The second-order valence-corrected chi connectivity index (χ2v) is 4.97. The summed E-state index contributed by atoms with van der Waals surface area (Å²) in [6, 6.07) is 7.63. The number of hydrogen-bond acceptors (Lipinski definition) is 2. The third-order valence-electron chi connectivity index (χ3n) is 3.49. The fourth-order valence-corrected chi connectivity index (χ4v) is 1.97. The summed E-state index contributed by atoms with van der Waals surface area (Å²) >= 11 is 0. The maximum atomic E-state index is 11.5. The van der Waals surface area contributed by atoms with Gasteiger partial charge in [0.1, 0.15) is 0 Å². The highest BCUT2D eigenvalue weighted by molar-refractivity contribution is 6.28. The number of amides is 2. The van der Waals surface area contributed by atoms with E-state index in [9.17, 15) is 9.59 Å². The largest absolute Gasteiger partial charge is 0.269 e. The van der Waals surface area contributed by atoms with E-state index in [2.05, 4.69) is 20.8 Å². The van der Waals surface area contributed by atoms with Crippen LogP contribution in [0.25, 0.3) is 0 Å². The van der Waals surface area contributed by atoms with Crippen LogP contribution in [0, 0.1) is 5.92 Å². The number of carbonyl (C=O) groups is 2. The zero-order valence-electron chi connectivity index (χ0n) is 10.9. The second kappa shape index (κ2) is 4.77. The molecule has 1 unspecified atom stereocenters. The van der Waals surface area contributed by atoms with Gasteiger partial charge in [-0.25, -0.2) is 4.90 Å². The first kappa shape index (κ1) is 12.6. The SMILES string of the molecule is CC(C)C(C)c1ccc(N2C(=O)C=CC2=O)cc1. The molecule has 0 saturated carbocycles.